The Kier molecular flexibility index (Phi) is 5.39. The summed E-state index contributed by atoms with van der Waals surface area (Å²) in [6, 6.07) is 7.81. The number of ether oxygens (including phenoxy) is 1. The fourth-order valence-corrected chi connectivity index (χ4v) is 2.08. The maximum Gasteiger partial charge on any atom is 0.0951 e. The Balaban J connectivity index is 1.98. The number of rotatable bonds is 7. The van der Waals surface area contributed by atoms with Crippen molar-refractivity contribution in [3.8, 4) is 11.3 Å². The molecule has 0 aliphatic carbocycles. The first-order chi connectivity index (χ1) is 9.31. The molecule has 19 heavy (non-hydrogen) atoms. The molecular formula is C14H18ClN3O. The zero-order chi connectivity index (χ0) is 13.5. The minimum atomic E-state index is 0.727. The Hall–Kier alpha value is -1.36. The summed E-state index contributed by atoms with van der Waals surface area (Å²) >= 11 is 6.02. The summed E-state index contributed by atoms with van der Waals surface area (Å²) in [6.45, 7) is 3.33. The highest BCUT2D eigenvalue weighted by Gasteiger charge is 2.05. The molecule has 0 saturated heterocycles. The number of methoxy groups -OCH3 is 1. The molecule has 0 atom stereocenters. The predicted molar refractivity (Wildman–Crippen MR) is 77.4 cm³/mol. The zero-order valence-electron chi connectivity index (χ0n) is 11.0. The van der Waals surface area contributed by atoms with Crippen molar-refractivity contribution in [1.29, 1.82) is 0 Å². The van der Waals surface area contributed by atoms with Gasteiger partial charge in [-0.1, -0.05) is 23.7 Å². The van der Waals surface area contributed by atoms with Crippen molar-refractivity contribution < 1.29 is 4.74 Å². The van der Waals surface area contributed by atoms with Gasteiger partial charge in [-0.15, -0.1) is 0 Å². The lowest BCUT2D eigenvalue weighted by molar-refractivity contribution is 0.199. The van der Waals surface area contributed by atoms with Gasteiger partial charge in [-0.25, -0.2) is 4.98 Å². The van der Waals surface area contributed by atoms with Crippen molar-refractivity contribution >= 4 is 11.6 Å². The summed E-state index contributed by atoms with van der Waals surface area (Å²) < 4.78 is 7.11. The van der Waals surface area contributed by atoms with E-state index in [1.54, 1.807) is 7.11 Å². The van der Waals surface area contributed by atoms with Gasteiger partial charge in [0.1, 0.15) is 0 Å². The van der Waals surface area contributed by atoms with Crippen LogP contribution >= 0.6 is 11.6 Å². The molecule has 102 valence electrons. The van der Waals surface area contributed by atoms with Crippen LogP contribution in [-0.2, 0) is 11.3 Å². The normalized spacial score (nSPS) is 10.8. The predicted octanol–water partition coefficient (Wildman–Crippen LogP) is 2.44. The maximum atomic E-state index is 6.02. The third-order valence-corrected chi connectivity index (χ3v) is 3.08. The molecule has 1 aromatic carbocycles. The van der Waals surface area contributed by atoms with Crippen LogP contribution < -0.4 is 5.32 Å². The molecule has 1 N–H and O–H groups in total. The molecule has 1 heterocycles. The summed E-state index contributed by atoms with van der Waals surface area (Å²) in [5.41, 5.74) is 2.16. The summed E-state index contributed by atoms with van der Waals surface area (Å²) in [4.78, 5) is 4.21. The number of nitrogens with one attached hydrogen (secondary N) is 1. The van der Waals surface area contributed by atoms with Gasteiger partial charge in [0.2, 0.25) is 0 Å². The van der Waals surface area contributed by atoms with Gasteiger partial charge in [0, 0.05) is 37.3 Å². The molecule has 4 nitrogen and oxygen atoms in total. The zero-order valence-corrected chi connectivity index (χ0v) is 11.7. The largest absolute Gasteiger partial charge is 0.383 e. The fraction of sp³-hybridized carbons (Fsp3) is 0.357. The van der Waals surface area contributed by atoms with Crippen LogP contribution in [0.4, 0.5) is 0 Å². The number of halogens is 1. The van der Waals surface area contributed by atoms with Crippen LogP contribution in [0.25, 0.3) is 11.3 Å². The number of aromatic nitrogens is 2. The van der Waals surface area contributed by atoms with Gasteiger partial charge in [0.15, 0.2) is 0 Å². The minimum Gasteiger partial charge on any atom is -0.383 e. The van der Waals surface area contributed by atoms with E-state index in [2.05, 4.69) is 14.9 Å². The van der Waals surface area contributed by atoms with Gasteiger partial charge >= 0.3 is 0 Å². The summed E-state index contributed by atoms with van der Waals surface area (Å²) in [7, 11) is 1.70. The lowest BCUT2D eigenvalue weighted by Crippen LogP contribution is -2.23. The van der Waals surface area contributed by atoms with Crippen LogP contribution in [0.5, 0.6) is 0 Å². The van der Waals surface area contributed by atoms with Crippen molar-refractivity contribution in [2.75, 3.05) is 26.8 Å². The van der Waals surface area contributed by atoms with Crippen LogP contribution in [0.3, 0.4) is 0 Å². The quantitative estimate of drug-likeness (QED) is 0.791. The average Bonchev–Trinajstić information content (AvgIpc) is 2.87. The van der Waals surface area contributed by atoms with Crippen LogP contribution in [0.1, 0.15) is 0 Å². The summed E-state index contributed by atoms with van der Waals surface area (Å²) in [5, 5.41) is 4.05. The molecule has 0 fully saturated rings. The fourth-order valence-electron chi connectivity index (χ4n) is 1.89. The second-order valence-corrected chi connectivity index (χ2v) is 4.66. The van der Waals surface area contributed by atoms with Crippen LogP contribution in [0.2, 0.25) is 5.02 Å². The molecule has 1 aromatic heterocycles. The minimum absolute atomic E-state index is 0.727. The number of hydrogen-bond donors (Lipinski definition) is 1. The second-order valence-electron chi connectivity index (χ2n) is 4.23. The maximum absolute atomic E-state index is 6.02. The SMILES string of the molecule is COCCNCCn1cncc1-c1cccc(Cl)c1. The van der Waals surface area contributed by atoms with Gasteiger partial charge in [-0.3, -0.25) is 0 Å². The first-order valence-corrected chi connectivity index (χ1v) is 6.65. The van der Waals surface area contributed by atoms with Gasteiger partial charge < -0.3 is 14.6 Å². The van der Waals surface area contributed by atoms with Gasteiger partial charge in [0.05, 0.1) is 24.8 Å². The Labute approximate surface area is 118 Å². The molecule has 0 saturated carbocycles. The molecule has 5 heteroatoms. The lowest BCUT2D eigenvalue weighted by Gasteiger charge is -2.09. The molecule has 2 aromatic rings. The van der Waals surface area contributed by atoms with E-state index in [4.69, 9.17) is 16.3 Å². The molecule has 0 aliphatic rings. The van der Waals surface area contributed by atoms with Gasteiger partial charge in [-0.05, 0) is 12.1 Å². The van der Waals surface area contributed by atoms with Gasteiger partial charge in [0.25, 0.3) is 0 Å². The molecular weight excluding hydrogens is 262 g/mol. The smallest absolute Gasteiger partial charge is 0.0951 e. The van der Waals surface area contributed by atoms with Crippen LogP contribution in [-0.4, -0.2) is 36.4 Å². The Morgan fingerprint density at radius 2 is 2.26 bits per heavy atom. The number of benzene rings is 1. The standard InChI is InChI=1S/C14H18ClN3O/c1-19-8-6-16-5-7-18-11-17-10-14(18)12-3-2-4-13(15)9-12/h2-4,9-11,16H,5-8H2,1H3. The summed E-state index contributed by atoms with van der Waals surface area (Å²) in [6.07, 6.45) is 3.70. The van der Waals surface area contributed by atoms with Crippen molar-refractivity contribution in [1.82, 2.24) is 14.9 Å². The highest BCUT2D eigenvalue weighted by molar-refractivity contribution is 6.30. The van der Waals surface area contributed by atoms with Crippen molar-refractivity contribution in [2.24, 2.45) is 0 Å². The Morgan fingerprint density at radius 1 is 1.37 bits per heavy atom. The topological polar surface area (TPSA) is 39.1 Å². The molecule has 0 amide bonds. The third-order valence-electron chi connectivity index (χ3n) is 2.85. The first kappa shape index (κ1) is 14.1. The van der Waals surface area contributed by atoms with Gasteiger partial charge in [-0.2, -0.15) is 0 Å². The third kappa shape index (κ3) is 4.06. The number of imidazole rings is 1. The van der Waals surface area contributed by atoms with Crippen LogP contribution in [0, 0.1) is 0 Å². The van der Waals surface area contributed by atoms with E-state index >= 15 is 0 Å². The Morgan fingerprint density at radius 3 is 3.05 bits per heavy atom. The highest BCUT2D eigenvalue weighted by Crippen LogP contribution is 2.22. The Bertz CT molecular complexity index is 513. The second kappa shape index (κ2) is 7.28. The molecule has 0 bridgehead atoms. The molecule has 0 spiro atoms. The lowest BCUT2D eigenvalue weighted by atomic mass is 10.2. The highest BCUT2D eigenvalue weighted by atomic mass is 35.5. The van der Waals surface area contributed by atoms with E-state index in [0.717, 1.165) is 42.5 Å². The molecule has 0 radical (unpaired) electrons. The van der Waals surface area contributed by atoms with E-state index in [-0.39, 0.29) is 0 Å². The summed E-state index contributed by atoms with van der Waals surface area (Å²) in [5.74, 6) is 0. The van der Waals surface area contributed by atoms with Crippen LogP contribution in [0.15, 0.2) is 36.8 Å². The van der Waals surface area contributed by atoms with E-state index in [1.165, 1.54) is 0 Å². The van der Waals surface area contributed by atoms with Crippen molar-refractivity contribution in [2.45, 2.75) is 6.54 Å². The molecule has 0 unspecified atom stereocenters. The number of hydrogen-bond acceptors (Lipinski definition) is 3. The molecule has 2 rings (SSSR count). The van der Waals surface area contributed by atoms with E-state index in [0.29, 0.717) is 0 Å². The van der Waals surface area contributed by atoms with Crippen molar-refractivity contribution in [3.63, 3.8) is 0 Å². The molecule has 0 aliphatic heterocycles. The van der Waals surface area contributed by atoms with E-state index in [9.17, 15) is 0 Å². The monoisotopic (exact) mass is 279 g/mol. The van der Waals surface area contributed by atoms with Crippen molar-refractivity contribution in [3.05, 3.63) is 41.8 Å². The van der Waals surface area contributed by atoms with E-state index < -0.39 is 0 Å². The first-order valence-electron chi connectivity index (χ1n) is 6.27. The van der Waals surface area contributed by atoms with E-state index in [1.807, 2.05) is 36.8 Å². The number of nitrogens with zero attached hydrogens (tertiary/aromatic N) is 2. The average molecular weight is 280 g/mol.